The standard InChI is InChI=1S/C14H15NO5S/c16-10-7-21-14(13(18)12(10)17)20-8-3-4-9(15-6-8)11-2-1-5-19-11/h1-6,10,12-14,16-18H,7H2/t10-,12+,13-,14+/m1/s1. The van der Waals surface area contributed by atoms with Gasteiger partial charge in [0.2, 0.25) is 0 Å². The Morgan fingerprint density at radius 1 is 1.19 bits per heavy atom. The number of aliphatic hydroxyl groups is 3. The molecule has 0 spiro atoms. The highest BCUT2D eigenvalue weighted by molar-refractivity contribution is 7.99. The Kier molecular flexibility index (Phi) is 4.16. The van der Waals surface area contributed by atoms with Crippen LogP contribution in [-0.2, 0) is 0 Å². The van der Waals surface area contributed by atoms with E-state index in [-0.39, 0.29) is 0 Å². The minimum Gasteiger partial charge on any atom is -0.475 e. The van der Waals surface area contributed by atoms with E-state index >= 15 is 0 Å². The molecule has 1 fully saturated rings. The van der Waals surface area contributed by atoms with Crippen LogP contribution in [0.2, 0.25) is 0 Å². The lowest BCUT2D eigenvalue weighted by Crippen LogP contribution is -2.50. The zero-order valence-corrected chi connectivity index (χ0v) is 11.8. The Morgan fingerprint density at radius 3 is 2.71 bits per heavy atom. The van der Waals surface area contributed by atoms with Crippen LogP contribution in [0.3, 0.4) is 0 Å². The number of hydrogen-bond acceptors (Lipinski definition) is 7. The lowest BCUT2D eigenvalue weighted by molar-refractivity contribution is -0.0786. The molecule has 1 saturated heterocycles. The Balaban J connectivity index is 1.68. The van der Waals surface area contributed by atoms with Gasteiger partial charge in [0.25, 0.3) is 0 Å². The van der Waals surface area contributed by atoms with E-state index in [1.807, 2.05) is 0 Å². The highest BCUT2D eigenvalue weighted by atomic mass is 32.2. The number of ether oxygens (including phenoxy) is 1. The number of pyridine rings is 1. The molecule has 0 bridgehead atoms. The van der Waals surface area contributed by atoms with Gasteiger partial charge in [0.15, 0.2) is 11.2 Å². The zero-order chi connectivity index (χ0) is 14.8. The number of furan rings is 1. The second-order valence-corrected chi connectivity index (χ2v) is 5.86. The van der Waals surface area contributed by atoms with Crippen molar-refractivity contribution in [3.8, 4) is 17.2 Å². The summed E-state index contributed by atoms with van der Waals surface area (Å²) in [4.78, 5) is 4.22. The van der Waals surface area contributed by atoms with Crippen molar-refractivity contribution < 1.29 is 24.5 Å². The van der Waals surface area contributed by atoms with Crippen LogP contribution in [0.1, 0.15) is 0 Å². The lowest BCUT2D eigenvalue weighted by atomic mass is 10.1. The Morgan fingerprint density at radius 2 is 2.05 bits per heavy atom. The average Bonchev–Trinajstić information content (AvgIpc) is 3.03. The lowest BCUT2D eigenvalue weighted by Gasteiger charge is -2.34. The predicted molar refractivity (Wildman–Crippen MR) is 76.8 cm³/mol. The van der Waals surface area contributed by atoms with Crippen LogP contribution in [0, 0.1) is 0 Å². The van der Waals surface area contributed by atoms with E-state index in [9.17, 15) is 15.3 Å². The first kappa shape index (κ1) is 14.4. The van der Waals surface area contributed by atoms with Gasteiger partial charge in [-0.05, 0) is 24.3 Å². The van der Waals surface area contributed by atoms with E-state index in [1.165, 1.54) is 18.0 Å². The van der Waals surface area contributed by atoms with Crippen molar-refractivity contribution in [3.63, 3.8) is 0 Å². The van der Waals surface area contributed by atoms with Crippen LogP contribution in [-0.4, -0.2) is 49.8 Å². The predicted octanol–water partition coefficient (Wildman–Crippen LogP) is 0.876. The molecule has 3 rings (SSSR count). The summed E-state index contributed by atoms with van der Waals surface area (Å²) in [5.41, 5.74) is 0.0410. The SMILES string of the molecule is O[C@@H]1[C@@H](O)[C@@H](Oc2ccc(-c3ccco3)nc2)SC[C@H]1O. The summed E-state index contributed by atoms with van der Waals surface area (Å²) in [6.07, 6.45) is -0.189. The highest BCUT2D eigenvalue weighted by Crippen LogP contribution is 2.29. The van der Waals surface area contributed by atoms with Crippen molar-refractivity contribution in [2.75, 3.05) is 5.75 Å². The average molecular weight is 309 g/mol. The van der Waals surface area contributed by atoms with Crippen LogP contribution < -0.4 is 4.74 Å². The fourth-order valence-electron chi connectivity index (χ4n) is 2.04. The maximum absolute atomic E-state index is 9.88. The Hall–Kier alpha value is -1.54. The number of aromatic nitrogens is 1. The molecular formula is C14H15NO5S. The van der Waals surface area contributed by atoms with Crippen molar-refractivity contribution >= 4 is 11.8 Å². The van der Waals surface area contributed by atoms with Gasteiger partial charge in [0.1, 0.15) is 23.7 Å². The fourth-order valence-corrected chi connectivity index (χ4v) is 3.16. The monoisotopic (exact) mass is 309 g/mol. The summed E-state index contributed by atoms with van der Waals surface area (Å²) >= 11 is 1.25. The number of nitrogens with zero attached hydrogens (tertiary/aromatic N) is 1. The van der Waals surface area contributed by atoms with E-state index < -0.39 is 23.7 Å². The second-order valence-electron chi connectivity index (χ2n) is 4.72. The normalized spacial score (nSPS) is 29.3. The van der Waals surface area contributed by atoms with E-state index in [0.29, 0.717) is 23.0 Å². The number of thioether (sulfide) groups is 1. The van der Waals surface area contributed by atoms with Crippen LogP contribution >= 0.6 is 11.8 Å². The molecule has 1 aliphatic rings. The van der Waals surface area contributed by atoms with Crippen molar-refractivity contribution in [2.24, 2.45) is 0 Å². The number of aliphatic hydroxyl groups excluding tert-OH is 3. The third-order valence-electron chi connectivity index (χ3n) is 3.22. The molecule has 112 valence electrons. The van der Waals surface area contributed by atoms with Gasteiger partial charge < -0.3 is 24.5 Å². The minimum absolute atomic E-state index is 0.306. The van der Waals surface area contributed by atoms with Gasteiger partial charge in [-0.25, -0.2) is 4.98 Å². The summed E-state index contributed by atoms with van der Waals surface area (Å²) in [5.74, 6) is 1.44. The molecular weight excluding hydrogens is 294 g/mol. The van der Waals surface area contributed by atoms with Gasteiger partial charge in [0, 0.05) is 5.75 Å². The summed E-state index contributed by atoms with van der Waals surface area (Å²) in [6.45, 7) is 0. The van der Waals surface area contributed by atoms with E-state index in [0.717, 1.165) is 0 Å². The maximum atomic E-state index is 9.88. The largest absolute Gasteiger partial charge is 0.475 e. The fraction of sp³-hybridized carbons (Fsp3) is 0.357. The molecule has 21 heavy (non-hydrogen) atoms. The molecule has 4 atom stereocenters. The molecule has 2 aromatic rings. The summed E-state index contributed by atoms with van der Waals surface area (Å²) in [6, 6.07) is 7.05. The van der Waals surface area contributed by atoms with Gasteiger partial charge in [-0.1, -0.05) is 0 Å². The van der Waals surface area contributed by atoms with Crippen molar-refractivity contribution in [1.82, 2.24) is 4.98 Å². The van der Waals surface area contributed by atoms with Crippen LogP contribution in [0.5, 0.6) is 5.75 Å². The molecule has 3 N–H and O–H groups in total. The molecule has 2 aromatic heterocycles. The minimum atomic E-state index is -1.20. The number of rotatable bonds is 3. The van der Waals surface area contributed by atoms with E-state index in [1.54, 1.807) is 30.5 Å². The molecule has 0 aliphatic carbocycles. The maximum Gasteiger partial charge on any atom is 0.173 e. The number of hydrogen-bond donors (Lipinski definition) is 3. The highest BCUT2D eigenvalue weighted by Gasteiger charge is 2.38. The van der Waals surface area contributed by atoms with Crippen LogP contribution in [0.25, 0.3) is 11.5 Å². The molecule has 1 aliphatic heterocycles. The molecule has 0 radical (unpaired) electrons. The van der Waals surface area contributed by atoms with Crippen LogP contribution in [0.15, 0.2) is 41.1 Å². The third-order valence-corrected chi connectivity index (χ3v) is 4.45. The second kappa shape index (κ2) is 6.07. The third kappa shape index (κ3) is 3.06. The van der Waals surface area contributed by atoms with E-state index in [4.69, 9.17) is 9.15 Å². The first-order valence-electron chi connectivity index (χ1n) is 6.47. The molecule has 7 heteroatoms. The molecule has 6 nitrogen and oxygen atoms in total. The quantitative estimate of drug-likeness (QED) is 0.774. The van der Waals surface area contributed by atoms with Gasteiger partial charge in [-0.15, -0.1) is 11.8 Å². The Bertz CT molecular complexity index is 574. The summed E-state index contributed by atoms with van der Waals surface area (Å²) in [5, 5.41) is 29.0. The molecule has 3 heterocycles. The van der Waals surface area contributed by atoms with Crippen molar-refractivity contribution in [3.05, 3.63) is 36.7 Å². The Labute approximate surface area is 125 Å². The van der Waals surface area contributed by atoms with Gasteiger partial charge in [0.05, 0.1) is 18.6 Å². The topological polar surface area (TPSA) is 96.0 Å². The van der Waals surface area contributed by atoms with Crippen molar-refractivity contribution in [2.45, 2.75) is 23.7 Å². The molecule has 0 saturated carbocycles. The molecule has 0 amide bonds. The van der Waals surface area contributed by atoms with Crippen LogP contribution in [0.4, 0.5) is 0 Å². The van der Waals surface area contributed by atoms with Gasteiger partial charge in [-0.2, -0.15) is 0 Å². The zero-order valence-electron chi connectivity index (χ0n) is 11.0. The summed E-state index contributed by atoms with van der Waals surface area (Å²) < 4.78 is 10.9. The summed E-state index contributed by atoms with van der Waals surface area (Å²) in [7, 11) is 0. The van der Waals surface area contributed by atoms with Gasteiger partial charge >= 0.3 is 0 Å². The first-order chi connectivity index (χ1) is 10.1. The van der Waals surface area contributed by atoms with E-state index in [2.05, 4.69) is 4.98 Å². The molecule has 0 unspecified atom stereocenters. The molecule has 0 aromatic carbocycles. The smallest absolute Gasteiger partial charge is 0.173 e. The van der Waals surface area contributed by atoms with Crippen molar-refractivity contribution in [1.29, 1.82) is 0 Å². The first-order valence-corrected chi connectivity index (χ1v) is 7.52. The van der Waals surface area contributed by atoms with Gasteiger partial charge in [-0.3, -0.25) is 0 Å².